The van der Waals surface area contributed by atoms with Crippen LogP contribution in [0.25, 0.3) is 0 Å². The van der Waals surface area contributed by atoms with Crippen molar-refractivity contribution in [2.75, 3.05) is 13.2 Å². The third kappa shape index (κ3) is 67.6. The quantitative estimate of drug-likeness (QED) is 0.0320. The van der Waals surface area contributed by atoms with E-state index < -0.39 is 12.1 Å². The first kappa shape index (κ1) is 79.6. The van der Waals surface area contributed by atoms with Gasteiger partial charge in [0.25, 0.3) is 0 Å². The molecule has 0 spiro atoms. The summed E-state index contributed by atoms with van der Waals surface area (Å²) in [4.78, 5) is 24.6. The van der Waals surface area contributed by atoms with Crippen molar-refractivity contribution in [2.24, 2.45) is 0 Å². The molecule has 2 unspecified atom stereocenters. The highest BCUT2D eigenvalue weighted by atomic mass is 16.5. The van der Waals surface area contributed by atoms with E-state index in [1.807, 2.05) is 6.08 Å². The number of ether oxygens (including phenoxy) is 1. The first-order valence-electron chi connectivity index (χ1n) is 37.5. The highest BCUT2D eigenvalue weighted by molar-refractivity contribution is 5.76. The van der Waals surface area contributed by atoms with E-state index in [1.54, 1.807) is 6.08 Å². The molecule has 2 atom stereocenters. The number of carbonyl (C=O) groups is 2. The van der Waals surface area contributed by atoms with Crippen molar-refractivity contribution in [2.45, 2.75) is 443 Å². The van der Waals surface area contributed by atoms with E-state index in [4.69, 9.17) is 4.74 Å². The fourth-order valence-corrected chi connectivity index (χ4v) is 12.1. The fraction of sp³-hybridized carbons (Fsp3) is 0.947. The molecule has 0 heterocycles. The van der Waals surface area contributed by atoms with Gasteiger partial charge in [-0.15, -0.1) is 0 Å². The summed E-state index contributed by atoms with van der Waals surface area (Å²) in [6.07, 6.45) is 88.8. The molecule has 482 valence electrons. The van der Waals surface area contributed by atoms with Crippen LogP contribution >= 0.6 is 0 Å². The second-order valence-corrected chi connectivity index (χ2v) is 26.0. The Labute approximate surface area is 508 Å². The number of nitrogens with one attached hydrogen (secondary N) is 1. The van der Waals surface area contributed by atoms with Crippen molar-refractivity contribution < 1.29 is 24.5 Å². The van der Waals surface area contributed by atoms with Crippen LogP contribution < -0.4 is 5.32 Å². The summed E-state index contributed by atoms with van der Waals surface area (Å²) in [5, 5.41) is 23.2. The smallest absolute Gasteiger partial charge is 0.305 e. The lowest BCUT2D eigenvalue weighted by Crippen LogP contribution is -2.45. The van der Waals surface area contributed by atoms with Gasteiger partial charge in [-0.1, -0.05) is 398 Å². The van der Waals surface area contributed by atoms with E-state index in [0.29, 0.717) is 19.4 Å². The van der Waals surface area contributed by atoms with Crippen molar-refractivity contribution in [3.8, 4) is 0 Å². The summed E-state index contributed by atoms with van der Waals surface area (Å²) in [5.74, 6) is -0.0365. The van der Waals surface area contributed by atoms with Crippen LogP contribution in [0.3, 0.4) is 0 Å². The highest BCUT2D eigenvalue weighted by Gasteiger charge is 2.18. The minimum atomic E-state index is -0.842. The number of carbonyl (C=O) groups excluding carboxylic acids is 2. The van der Waals surface area contributed by atoms with Gasteiger partial charge >= 0.3 is 5.97 Å². The number of allylic oxidation sites excluding steroid dienone is 1. The number of esters is 1. The van der Waals surface area contributed by atoms with Crippen LogP contribution in [0.15, 0.2) is 12.2 Å². The second kappa shape index (κ2) is 71.1. The summed E-state index contributed by atoms with van der Waals surface area (Å²) < 4.78 is 5.52. The van der Waals surface area contributed by atoms with Crippen LogP contribution in [-0.4, -0.2) is 47.4 Å². The van der Waals surface area contributed by atoms with Crippen molar-refractivity contribution in [1.82, 2.24) is 5.32 Å². The number of aliphatic hydroxyl groups excluding tert-OH is 2. The molecule has 0 aromatic heterocycles. The van der Waals surface area contributed by atoms with Crippen LogP contribution in [0.5, 0.6) is 0 Å². The van der Waals surface area contributed by atoms with Crippen molar-refractivity contribution in [1.29, 1.82) is 0 Å². The lowest BCUT2D eigenvalue weighted by molar-refractivity contribution is -0.143. The number of hydrogen-bond donors (Lipinski definition) is 3. The minimum Gasteiger partial charge on any atom is -0.466 e. The van der Waals surface area contributed by atoms with Crippen LogP contribution in [-0.2, 0) is 14.3 Å². The van der Waals surface area contributed by atoms with Gasteiger partial charge in [-0.25, -0.2) is 0 Å². The van der Waals surface area contributed by atoms with Crippen molar-refractivity contribution in [3.05, 3.63) is 12.2 Å². The molecule has 81 heavy (non-hydrogen) atoms. The molecule has 6 nitrogen and oxygen atoms in total. The zero-order chi connectivity index (χ0) is 58.5. The van der Waals surface area contributed by atoms with E-state index in [9.17, 15) is 19.8 Å². The molecule has 0 saturated carbocycles. The zero-order valence-electron chi connectivity index (χ0n) is 55.3. The van der Waals surface area contributed by atoms with E-state index in [1.165, 1.54) is 366 Å². The molecule has 0 aromatic rings. The maximum Gasteiger partial charge on any atom is 0.305 e. The summed E-state index contributed by atoms with van der Waals surface area (Å²) >= 11 is 0. The highest BCUT2D eigenvalue weighted by Crippen LogP contribution is 2.20. The Bertz CT molecular complexity index is 1220. The van der Waals surface area contributed by atoms with Crippen LogP contribution in [0.2, 0.25) is 0 Å². The molecule has 0 rings (SSSR count). The Balaban J connectivity index is 3.33. The Morgan fingerprint density at radius 3 is 0.840 bits per heavy atom. The first-order valence-corrected chi connectivity index (χ1v) is 37.5. The molecule has 3 N–H and O–H groups in total. The molecule has 0 fully saturated rings. The number of unbranched alkanes of at least 4 members (excludes halogenated alkanes) is 60. The lowest BCUT2D eigenvalue weighted by atomic mass is 10.0. The summed E-state index contributed by atoms with van der Waals surface area (Å²) in [6.45, 7) is 4.96. The Morgan fingerprint density at radius 2 is 0.568 bits per heavy atom. The maximum atomic E-state index is 12.5. The van der Waals surface area contributed by atoms with Gasteiger partial charge in [-0.2, -0.15) is 0 Å². The Hall–Kier alpha value is -1.40. The minimum absolute atomic E-state index is 0.0244. The van der Waals surface area contributed by atoms with Gasteiger partial charge in [-0.3, -0.25) is 9.59 Å². The van der Waals surface area contributed by atoms with E-state index in [-0.39, 0.29) is 18.5 Å². The third-order valence-corrected chi connectivity index (χ3v) is 17.8. The topological polar surface area (TPSA) is 95.9 Å². The maximum absolute atomic E-state index is 12.5. The average molecular weight is 1140 g/mol. The normalized spacial score (nSPS) is 12.5. The predicted octanol–water partition coefficient (Wildman–Crippen LogP) is 24.3. The van der Waals surface area contributed by atoms with E-state index >= 15 is 0 Å². The van der Waals surface area contributed by atoms with Crippen LogP contribution in [0.4, 0.5) is 0 Å². The van der Waals surface area contributed by atoms with E-state index in [2.05, 4.69) is 19.2 Å². The molecule has 6 heteroatoms. The summed E-state index contributed by atoms with van der Waals surface area (Å²) in [6, 6.07) is -0.625. The Kier molecular flexibility index (Phi) is 69.9. The monoisotopic (exact) mass is 1140 g/mol. The molecule has 0 aliphatic carbocycles. The first-order chi connectivity index (χ1) is 40.0. The summed E-state index contributed by atoms with van der Waals surface area (Å²) in [5.41, 5.74) is 0. The SMILES string of the molecule is CCCCCCCCCCCCCCCCC/C=C/C(O)C(CO)NC(=O)CCCCCCCCCCCCCCCCCCCCCCCCCCCCCCOC(=O)CCCCCCCCCCCCCCCCCCCCC. The number of aliphatic hydroxyl groups is 2. The van der Waals surface area contributed by atoms with Gasteiger partial charge in [0, 0.05) is 12.8 Å². The van der Waals surface area contributed by atoms with Gasteiger partial charge in [-0.05, 0) is 32.1 Å². The van der Waals surface area contributed by atoms with E-state index in [0.717, 1.165) is 38.5 Å². The van der Waals surface area contributed by atoms with Gasteiger partial charge < -0.3 is 20.3 Å². The van der Waals surface area contributed by atoms with Crippen LogP contribution in [0, 0.1) is 0 Å². The van der Waals surface area contributed by atoms with Crippen molar-refractivity contribution in [3.63, 3.8) is 0 Å². The van der Waals surface area contributed by atoms with Gasteiger partial charge in [0.15, 0.2) is 0 Å². The zero-order valence-corrected chi connectivity index (χ0v) is 55.3. The molecule has 0 saturated heterocycles. The van der Waals surface area contributed by atoms with Crippen molar-refractivity contribution >= 4 is 11.9 Å². The molecule has 0 aliphatic rings. The second-order valence-electron chi connectivity index (χ2n) is 26.0. The Morgan fingerprint density at radius 1 is 0.333 bits per heavy atom. The molecule has 0 radical (unpaired) electrons. The number of amides is 1. The summed E-state index contributed by atoms with van der Waals surface area (Å²) in [7, 11) is 0. The average Bonchev–Trinajstić information content (AvgIpc) is 3.47. The van der Waals surface area contributed by atoms with Gasteiger partial charge in [0.05, 0.1) is 25.4 Å². The fourth-order valence-electron chi connectivity index (χ4n) is 12.1. The molecule has 1 amide bonds. The lowest BCUT2D eigenvalue weighted by Gasteiger charge is -2.20. The molecule has 0 bridgehead atoms. The standard InChI is InChI=1S/C75H147NO5/c1-3-5-7-9-11-13-15-17-19-21-32-37-41-45-49-53-57-61-65-69-75(80)81-70-66-62-58-54-50-46-42-38-34-31-29-27-25-23-22-24-26-28-30-33-36-40-44-48-52-56-60-64-68-74(79)76-72(71-77)73(78)67-63-59-55-51-47-43-39-35-20-18-16-14-12-10-8-6-4-2/h63,67,72-73,77-78H,3-62,64-66,68-71H2,1-2H3,(H,76,79)/b67-63+. The van der Waals surface area contributed by atoms with Crippen LogP contribution in [0.1, 0.15) is 431 Å². The third-order valence-electron chi connectivity index (χ3n) is 17.8. The molecular formula is C75H147NO5. The molecular weight excluding hydrogens is 995 g/mol. The predicted molar refractivity (Wildman–Crippen MR) is 357 cm³/mol. The molecule has 0 aliphatic heterocycles. The molecule has 0 aromatic carbocycles. The largest absolute Gasteiger partial charge is 0.466 e. The van der Waals surface area contributed by atoms with Gasteiger partial charge in [0.1, 0.15) is 0 Å². The number of rotatable bonds is 71. The number of hydrogen-bond acceptors (Lipinski definition) is 5. The van der Waals surface area contributed by atoms with Gasteiger partial charge in [0.2, 0.25) is 5.91 Å².